The Morgan fingerprint density at radius 1 is 0.672 bits per heavy atom. The summed E-state index contributed by atoms with van der Waals surface area (Å²) in [7, 11) is 0. The van der Waals surface area contributed by atoms with Gasteiger partial charge in [-0.2, -0.15) is 0 Å². The Kier molecular flexibility index (Phi) is 17.3. The highest BCUT2D eigenvalue weighted by atomic mass is 35.5. The van der Waals surface area contributed by atoms with E-state index in [0.717, 1.165) is 16.7 Å². The molecule has 0 aromatic heterocycles. The highest BCUT2D eigenvalue weighted by Crippen LogP contribution is 2.28. The van der Waals surface area contributed by atoms with Crippen molar-refractivity contribution in [1.82, 2.24) is 26.6 Å². The lowest BCUT2D eigenvalue weighted by Crippen LogP contribution is -2.60. The van der Waals surface area contributed by atoms with Crippen molar-refractivity contribution in [3.63, 3.8) is 0 Å². The van der Waals surface area contributed by atoms with Crippen molar-refractivity contribution < 1.29 is 38.6 Å². The van der Waals surface area contributed by atoms with Crippen molar-refractivity contribution in [3.8, 4) is 11.1 Å². The van der Waals surface area contributed by atoms with Gasteiger partial charge >= 0.3 is 0 Å². The number of ketones is 1. The van der Waals surface area contributed by atoms with Gasteiger partial charge in [0.15, 0.2) is 5.78 Å². The molecule has 0 radical (unpaired) electrons. The van der Waals surface area contributed by atoms with Crippen LogP contribution in [0.15, 0.2) is 78.9 Å². The zero-order valence-corrected chi connectivity index (χ0v) is 33.7. The molecule has 15 nitrogen and oxygen atoms in total. The molecule has 4 rings (SSSR count). The molecule has 5 amide bonds. The monoisotopic (exact) mass is 819 g/mol. The molecule has 1 aliphatic rings. The molecule has 2 unspecified atom stereocenters. The lowest BCUT2D eigenvalue weighted by molar-refractivity contribution is -0.135. The van der Waals surface area contributed by atoms with Crippen LogP contribution in [0.3, 0.4) is 0 Å². The fourth-order valence-electron chi connectivity index (χ4n) is 6.25. The van der Waals surface area contributed by atoms with Crippen LogP contribution in [0.25, 0.3) is 11.1 Å². The van der Waals surface area contributed by atoms with Gasteiger partial charge < -0.3 is 47.9 Å². The number of amides is 5. The van der Waals surface area contributed by atoms with Gasteiger partial charge in [0, 0.05) is 17.0 Å². The van der Waals surface area contributed by atoms with Crippen LogP contribution in [0.2, 0.25) is 5.02 Å². The Morgan fingerprint density at radius 3 is 1.86 bits per heavy atom. The van der Waals surface area contributed by atoms with Crippen molar-refractivity contribution in [1.29, 1.82) is 0 Å². The van der Waals surface area contributed by atoms with Crippen molar-refractivity contribution in [2.75, 3.05) is 13.1 Å². The number of aliphatic hydroxyl groups is 1. The predicted molar refractivity (Wildman–Crippen MR) is 219 cm³/mol. The summed E-state index contributed by atoms with van der Waals surface area (Å²) in [5.41, 5.74) is 14.4. The van der Waals surface area contributed by atoms with Crippen LogP contribution < -0.4 is 38.1 Å². The Hall–Kier alpha value is -5.19. The van der Waals surface area contributed by atoms with E-state index in [1.54, 1.807) is 43.3 Å². The number of rotatable bonds is 22. The molecule has 1 saturated heterocycles. The molecule has 0 saturated carbocycles. The van der Waals surface area contributed by atoms with Crippen LogP contribution >= 0.6 is 11.6 Å². The van der Waals surface area contributed by atoms with Crippen LogP contribution in [-0.4, -0.2) is 102 Å². The van der Waals surface area contributed by atoms with Crippen LogP contribution in [0.4, 0.5) is 0 Å². The van der Waals surface area contributed by atoms with E-state index in [9.17, 15) is 33.9 Å². The van der Waals surface area contributed by atoms with E-state index in [2.05, 4.69) is 26.6 Å². The number of aliphatic hydroxyl groups excluding tert-OH is 1. The fourth-order valence-corrected chi connectivity index (χ4v) is 6.37. The molecule has 0 bridgehead atoms. The van der Waals surface area contributed by atoms with Crippen LogP contribution in [0.5, 0.6) is 0 Å². The van der Waals surface area contributed by atoms with Crippen LogP contribution in [-0.2, 0) is 35.1 Å². The van der Waals surface area contributed by atoms with E-state index in [4.69, 9.17) is 27.8 Å². The molecule has 312 valence electrons. The zero-order chi connectivity index (χ0) is 42.4. The molecule has 8 atom stereocenters. The molecule has 1 aliphatic heterocycles. The number of unbranched alkanes of at least 4 members (excludes halogenated alkanes) is 1. The molecule has 0 spiro atoms. The van der Waals surface area contributed by atoms with E-state index >= 15 is 0 Å². The largest absolute Gasteiger partial charge is 0.391 e. The Bertz CT molecular complexity index is 1860. The molecule has 3 aromatic carbocycles. The zero-order valence-electron chi connectivity index (χ0n) is 32.9. The quantitative estimate of drug-likeness (QED) is 0.0537. The molecule has 3 aromatic rings. The number of benzene rings is 3. The smallest absolute Gasteiger partial charge is 0.251 e. The average Bonchev–Trinajstić information content (AvgIpc) is 3.98. The fraction of sp³-hybridized carbons (Fsp3) is 0.429. The van der Waals surface area contributed by atoms with E-state index in [1.807, 2.05) is 42.5 Å². The SMILES string of the molecule is C[C@H](NC(=O)[C@@H](NC(=O)[C@H](CCN)NC(=O)c1ccc(-c2ccc(Cl)cc2)cc1)[C@@H](C)O)C(=O)N[C@@H](CCCCN)C(=O)N[C@@H](C)C(=O)C1OC1Cc1ccccc1. The number of nitrogens with two attached hydrogens (primary N) is 2. The number of hydrogen-bond acceptors (Lipinski definition) is 10. The van der Waals surface area contributed by atoms with E-state index < -0.39 is 72.0 Å². The molecular weight excluding hydrogens is 766 g/mol. The summed E-state index contributed by atoms with van der Waals surface area (Å²) in [5.74, 6) is -3.83. The van der Waals surface area contributed by atoms with Crippen LogP contribution in [0, 0.1) is 0 Å². The first-order valence-corrected chi connectivity index (χ1v) is 19.8. The third-order valence-electron chi connectivity index (χ3n) is 9.72. The minimum absolute atomic E-state index is 0.0206. The summed E-state index contributed by atoms with van der Waals surface area (Å²) in [5, 5.41) is 24.0. The second-order valence-corrected chi connectivity index (χ2v) is 14.8. The summed E-state index contributed by atoms with van der Waals surface area (Å²) in [6.07, 6.45) is -0.490. The molecule has 1 heterocycles. The Labute approximate surface area is 343 Å². The van der Waals surface area contributed by atoms with Crippen molar-refractivity contribution in [2.45, 2.75) is 101 Å². The first kappa shape index (κ1) is 45.5. The number of carbonyl (C=O) groups excluding carboxylic acids is 6. The topological polar surface area (TPSA) is 247 Å². The molecule has 16 heteroatoms. The van der Waals surface area contributed by atoms with Gasteiger partial charge in [-0.15, -0.1) is 0 Å². The van der Waals surface area contributed by atoms with E-state index in [-0.39, 0.29) is 36.8 Å². The summed E-state index contributed by atoms with van der Waals surface area (Å²) in [6, 6.07) is 17.7. The first-order chi connectivity index (χ1) is 27.7. The van der Waals surface area contributed by atoms with Gasteiger partial charge in [0.2, 0.25) is 23.6 Å². The Balaban J connectivity index is 1.32. The van der Waals surface area contributed by atoms with Crippen molar-refractivity contribution >= 4 is 46.9 Å². The number of nitrogens with one attached hydrogen (secondary N) is 5. The molecule has 10 N–H and O–H groups in total. The number of ether oxygens (including phenoxy) is 1. The van der Waals surface area contributed by atoms with Gasteiger partial charge in [-0.05, 0) is 100 Å². The summed E-state index contributed by atoms with van der Waals surface area (Å²) in [6.45, 7) is 4.60. The number of carbonyl (C=O) groups is 6. The van der Waals surface area contributed by atoms with Gasteiger partial charge in [0.25, 0.3) is 5.91 Å². The molecule has 1 fully saturated rings. The third-order valence-corrected chi connectivity index (χ3v) is 9.98. The van der Waals surface area contributed by atoms with E-state index in [0.29, 0.717) is 30.8 Å². The van der Waals surface area contributed by atoms with Gasteiger partial charge in [0.05, 0.1) is 18.2 Å². The first-order valence-electron chi connectivity index (χ1n) is 19.4. The van der Waals surface area contributed by atoms with Crippen molar-refractivity contribution in [2.24, 2.45) is 11.5 Å². The van der Waals surface area contributed by atoms with E-state index in [1.165, 1.54) is 13.8 Å². The molecule has 58 heavy (non-hydrogen) atoms. The summed E-state index contributed by atoms with van der Waals surface area (Å²) >= 11 is 5.98. The highest BCUT2D eigenvalue weighted by Gasteiger charge is 2.46. The summed E-state index contributed by atoms with van der Waals surface area (Å²) < 4.78 is 5.60. The lowest BCUT2D eigenvalue weighted by atomic mass is 10.0. The van der Waals surface area contributed by atoms with Crippen LogP contribution in [0.1, 0.15) is 62.4 Å². The number of halogens is 1. The maximum absolute atomic E-state index is 13.4. The number of hydrogen-bond donors (Lipinski definition) is 8. The Morgan fingerprint density at radius 2 is 1.26 bits per heavy atom. The average molecular weight is 820 g/mol. The summed E-state index contributed by atoms with van der Waals surface area (Å²) in [4.78, 5) is 79.6. The third kappa shape index (κ3) is 13.5. The minimum atomic E-state index is -1.52. The second-order valence-electron chi connectivity index (χ2n) is 14.4. The normalized spacial score (nSPS) is 17.6. The minimum Gasteiger partial charge on any atom is -0.391 e. The second kappa shape index (κ2) is 22.1. The van der Waals surface area contributed by atoms with Gasteiger partial charge in [-0.1, -0.05) is 66.2 Å². The predicted octanol–water partition coefficient (Wildman–Crippen LogP) is 1.52. The van der Waals surface area contributed by atoms with Gasteiger partial charge in [-0.25, -0.2) is 0 Å². The lowest BCUT2D eigenvalue weighted by Gasteiger charge is -2.26. The highest BCUT2D eigenvalue weighted by molar-refractivity contribution is 6.30. The maximum atomic E-state index is 13.4. The number of Topliss-reactive ketones (excluding diaryl/α,β-unsaturated/α-hetero) is 1. The van der Waals surface area contributed by atoms with Gasteiger partial charge in [0.1, 0.15) is 30.3 Å². The maximum Gasteiger partial charge on any atom is 0.251 e. The van der Waals surface area contributed by atoms with Gasteiger partial charge in [-0.3, -0.25) is 28.8 Å². The standard InChI is InChI=1S/C42H54ClN7O8/c1-24(36(52)37-34(58-37)23-27-9-5-4-6-10-27)46-40(55)32(11-7-8-21-44)48-38(53)25(2)47-42(57)35(26(3)51)50-41(56)33(20-22-45)49-39(54)30-14-12-28(13-15-30)29-16-18-31(43)19-17-29/h4-6,9-10,12-19,24-26,32-35,37,51H,7-8,11,20-23,44-45H2,1-3H3,(H,46,55)(H,47,57)(H,48,53)(H,49,54)(H,50,56)/t24-,25-,26+,32-,33-,34?,35-,37?/m0/s1. The molecule has 0 aliphatic carbocycles. The number of epoxide rings is 1. The molecular formula is C42H54ClN7O8. The van der Waals surface area contributed by atoms with Crippen molar-refractivity contribution in [3.05, 3.63) is 95.0 Å².